The number of carboxylic acids is 1. The molecular formula is C16H20N4O4. The Balaban J connectivity index is 2.25. The Hall–Kier alpha value is -3.03. The van der Waals surface area contributed by atoms with Crippen molar-refractivity contribution in [3.63, 3.8) is 0 Å². The molecule has 0 aliphatic carbocycles. The molecule has 0 saturated carbocycles. The molecule has 2 aromatic rings. The fourth-order valence-corrected chi connectivity index (χ4v) is 2.01. The second-order valence-electron chi connectivity index (χ2n) is 5.08. The molecular weight excluding hydrogens is 312 g/mol. The molecule has 24 heavy (non-hydrogen) atoms. The highest BCUT2D eigenvalue weighted by molar-refractivity contribution is 5.77. The van der Waals surface area contributed by atoms with Gasteiger partial charge in [-0.3, -0.25) is 0 Å². The Morgan fingerprint density at radius 1 is 1.25 bits per heavy atom. The van der Waals surface area contributed by atoms with E-state index in [0.29, 0.717) is 28.8 Å². The number of anilines is 3. The summed E-state index contributed by atoms with van der Waals surface area (Å²) in [5.74, 6) is 1.36. The maximum atomic E-state index is 11.1. The maximum Gasteiger partial charge on any atom is 0.326 e. The van der Waals surface area contributed by atoms with E-state index < -0.39 is 12.0 Å². The van der Waals surface area contributed by atoms with Crippen LogP contribution < -0.4 is 19.7 Å². The lowest BCUT2D eigenvalue weighted by Gasteiger charge is -2.22. The number of ether oxygens (including phenoxy) is 2. The Kier molecular flexibility index (Phi) is 5.41. The van der Waals surface area contributed by atoms with Crippen molar-refractivity contribution in [2.24, 2.45) is 0 Å². The third-order valence-corrected chi connectivity index (χ3v) is 3.62. The summed E-state index contributed by atoms with van der Waals surface area (Å²) < 4.78 is 10.5. The number of nitrogens with one attached hydrogen (secondary N) is 1. The monoisotopic (exact) mass is 332 g/mol. The van der Waals surface area contributed by atoms with E-state index in [1.807, 2.05) is 6.07 Å². The van der Waals surface area contributed by atoms with E-state index in [0.717, 1.165) is 0 Å². The minimum Gasteiger partial charge on any atom is -0.497 e. The normalized spacial score (nSPS) is 11.5. The number of nitrogens with zero attached hydrogens (tertiary/aromatic N) is 3. The number of carbonyl (C=O) groups is 1. The van der Waals surface area contributed by atoms with Gasteiger partial charge < -0.3 is 24.8 Å². The summed E-state index contributed by atoms with van der Waals surface area (Å²) in [6, 6.07) is 6.32. The first-order valence-corrected chi connectivity index (χ1v) is 7.23. The lowest BCUT2D eigenvalue weighted by atomic mass is 10.2. The second-order valence-corrected chi connectivity index (χ2v) is 5.08. The van der Waals surface area contributed by atoms with Gasteiger partial charge in [0, 0.05) is 19.2 Å². The molecule has 0 saturated heterocycles. The van der Waals surface area contributed by atoms with E-state index in [1.54, 1.807) is 51.3 Å². The van der Waals surface area contributed by atoms with E-state index in [9.17, 15) is 4.79 Å². The lowest BCUT2D eigenvalue weighted by Crippen LogP contribution is -2.36. The third-order valence-electron chi connectivity index (χ3n) is 3.62. The van der Waals surface area contributed by atoms with Gasteiger partial charge in [-0.25, -0.2) is 14.8 Å². The number of likely N-dealkylation sites (N-methyl/N-ethyl adjacent to an activating group) is 1. The molecule has 8 heteroatoms. The van der Waals surface area contributed by atoms with Crippen LogP contribution in [0.2, 0.25) is 0 Å². The maximum absolute atomic E-state index is 11.1. The fourth-order valence-electron chi connectivity index (χ4n) is 2.01. The Morgan fingerprint density at radius 2 is 2.00 bits per heavy atom. The summed E-state index contributed by atoms with van der Waals surface area (Å²) in [4.78, 5) is 20.9. The first-order valence-electron chi connectivity index (χ1n) is 7.23. The van der Waals surface area contributed by atoms with Gasteiger partial charge in [0.15, 0.2) is 0 Å². The van der Waals surface area contributed by atoms with Gasteiger partial charge in [0.2, 0.25) is 0 Å². The first kappa shape index (κ1) is 17.3. The van der Waals surface area contributed by atoms with Crippen LogP contribution in [0.4, 0.5) is 17.3 Å². The molecule has 0 bridgehead atoms. The molecule has 1 aromatic heterocycles. The highest BCUT2D eigenvalue weighted by Gasteiger charge is 2.18. The van der Waals surface area contributed by atoms with Gasteiger partial charge in [0.1, 0.15) is 35.5 Å². The molecule has 8 nitrogen and oxygen atoms in total. The number of hydrogen-bond acceptors (Lipinski definition) is 7. The van der Waals surface area contributed by atoms with Crippen LogP contribution in [-0.2, 0) is 4.79 Å². The fraction of sp³-hybridized carbons (Fsp3) is 0.312. The van der Waals surface area contributed by atoms with Crippen LogP contribution in [0.15, 0.2) is 30.6 Å². The molecule has 2 N–H and O–H groups in total. The molecule has 0 aliphatic heterocycles. The lowest BCUT2D eigenvalue weighted by molar-refractivity contribution is -0.138. The summed E-state index contributed by atoms with van der Waals surface area (Å²) in [5.41, 5.74) is 0.705. The summed E-state index contributed by atoms with van der Waals surface area (Å²) in [7, 11) is 4.81. The van der Waals surface area contributed by atoms with Gasteiger partial charge in [-0.2, -0.15) is 0 Å². The second kappa shape index (κ2) is 7.49. The van der Waals surface area contributed by atoms with Crippen LogP contribution in [0.1, 0.15) is 6.92 Å². The van der Waals surface area contributed by atoms with Crippen LogP contribution in [-0.4, -0.2) is 48.4 Å². The van der Waals surface area contributed by atoms with Crippen LogP contribution in [0.25, 0.3) is 0 Å². The quantitative estimate of drug-likeness (QED) is 0.796. The topological polar surface area (TPSA) is 96.8 Å². The average molecular weight is 332 g/mol. The predicted octanol–water partition coefficient (Wildman–Crippen LogP) is 2.15. The van der Waals surface area contributed by atoms with Crippen molar-refractivity contribution in [3.05, 3.63) is 30.6 Å². The highest BCUT2D eigenvalue weighted by atomic mass is 16.5. The van der Waals surface area contributed by atoms with Crippen molar-refractivity contribution in [1.82, 2.24) is 9.97 Å². The number of aromatic nitrogens is 2. The summed E-state index contributed by atoms with van der Waals surface area (Å²) in [6.07, 6.45) is 1.37. The Morgan fingerprint density at radius 3 is 2.62 bits per heavy atom. The minimum absolute atomic E-state index is 0.495. The molecule has 0 amide bonds. The van der Waals surface area contributed by atoms with Crippen molar-refractivity contribution < 1.29 is 19.4 Å². The van der Waals surface area contributed by atoms with Crippen LogP contribution >= 0.6 is 0 Å². The number of carboxylic acid groups (broad SMARTS) is 1. The van der Waals surface area contributed by atoms with Crippen molar-refractivity contribution in [3.8, 4) is 11.5 Å². The molecule has 1 aromatic carbocycles. The number of benzene rings is 1. The number of methoxy groups -OCH3 is 2. The Labute approximate surface area is 140 Å². The average Bonchev–Trinajstić information content (AvgIpc) is 2.60. The van der Waals surface area contributed by atoms with Gasteiger partial charge in [0.05, 0.1) is 19.9 Å². The van der Waals surface area contributed by atoms with Gasteiger partial charge >= 0.3 is 5.97 Å². The molecule has 0 spiro atoms. The number of aliphatic carboxylic acids is 1. The van der Waals surface area contributed by atoms with Gasteiger partial charge in [-0.1, -0.05) is 0 Å². The summed E-state index contributed by atoms with van der Waals surface area (Å²) >= 11 is 0. The summed E-state index contributed by atoms with van der Waals surface area (Å²) in [5, 5.41) is 12.2. The van der Waals surface area contributed by atoms with Gasteiger partial charge in [-0.05, 0) is 19.1 Å². The molecule has 1 heterocycles. The van der Waals surface area contributed by atoms with E-state index >= 15 is 0 Å². The molecule has 0 aliphatic rings. The molecule has 0 fully saturated rings. The van der Waals surface area contributed by atoms with Crippen molar-refractivity contribution in [2.45, 2.75) is 13.0 Å². The van der Waals surface area contributed by atoms with Crippen molar-refractivity contribution in [1.29, 1.82) is 0 Å². The number of hydrogen-bond donors (Lipinski definition) is 2. The first-order chi connectivity index (χ1) is 11.5. The zero-order valence-electron chi connectivity index (χ0n) is 14.0. The Bertz CT molecular complexity index is 723. The zero-order valence-corrected chi connectivity index (χ0v) is 14.0. The van der Waals surface area contributed by atoms with E-state index in [-0.39, 0.29) is 0 Å². The molecule has 128 valence electrons. The largest absolute Gasteiger partial charge is 0.497 e. The van der Waals surface area contributed by atoms with Gasteiger partial charge in [-0.15, -0.1) is 0 Å². The van der Waals surface area contributed by atoms with E-state index in [1.165, 1.54) is 6.33 Å². The van der Waals surface area contributed by atoms with Crippen LogP contribution in [0, 0.1) is 0 Å². The standard InChI is InChI=1S/C16H20N4O4/c1-10(16(21)22)20(2)15-8-14(17-9-18-15)19-12-6-5-11(23-3)7-13(12)24-4/h5-10H,1-4H3,(H,21,22)(H,17,18,19). The SMILES string of the molecule is COc1ccc(Nc2cc(N(C)C(C)C(=O)O)ncn2)c(OC)c1. The highest BCUT2D eigenvalue weighted by Crippen LogP contribution is 2.31. The molecule has 1 unspecified atom stereocenters. The van der Waals surface area contributed by atoms with E-state index in [4.69, 9.17) is 14.6 Å². The van der Waals surface area contributed by atoms with Gasteiger partial charge in [0.25, 0.3) is 0 Å². The summed E-state index contributed by atoms with van der Waals surface area (Å²) in [6.45, 7) is 1.59. The smallest absolute Gasteiger partial charge is 0.326 e. The van der Waals surface area contributed by atoms with Crippen molar-refractivity contribution >= 4 is 23.3 Å². The molecule has 0 radical (unpaired) electrons. The predicted molar refractivity (Wildman–Crippen MR) is 90.4 cm³/mol. The van der Waals surface area contributed by atoms with Crippen molar-refractivity contribution in [2.75, 3.05) is 31.5 Å². The molecule has 1 atom stereocenters. The zero-order chi connectivity index (χ0) is 17.7. The number of rotatable bonds is 7. The van der Waals surface area contributed by atoms with Crippen LogP contribution in [0.5, 0.6) is 11.5 Å². The third kappa shape index (κ3) is 3.83. The van der Waals surface area contributed by atoms with E-state index in [2.05, 4.69) is 15.3 Å². The van der Waals surface area contributed by atoms with Crippen LogP contribution in [0.3, 0.4) is 0 Å². The minimum atomic E-state index is -0.928. The molecule has 2 rings (SSSR count).